The normalized spacial score (nSPS) is 14.9. The van der Waals surface area contributed by atoms with Gasteiger partial charge in [-0.15, -0.1) is 0 Å². The van der Waals surface area contributed by atoms with Gasteiger partial charge in [0.15, 0.2) is 5.11 Å². The quantitative estimate of drug-likeness (QED) is 0.454. The molecule has 1 aliphatic rings. The molecule has 3 rings (SSSR count). The van der Waals surface area contributed by atoms with Crippen LogP contribution < -0.4 is 25.0 Å². The van der Waals surface area contributed by atoms with Crippen molar-refractivity contribution in [3.8, 4) is 5.75 Å². The summed E-state index contributed by atoms with van der Waals surface area (Å²) in [4.78, 5) is 2.13. The Morgan fingerprint density at radius 2 is 1.91 bits per heavy atom. The summed E-state index contributed by atoms with van der Waals surface area (Å²) in [5, 5.41) is 6.55. The molecule has 1 fully saturated rings. The van der Waals surface area contributed by atoms with E-state index in [9.17, 15) is 8.42 Å². The van der Waals surface area contributed by atoms with Crippen LogP contribution in [0.1, 0.15) is 6.92 Å². The van der Waals surface area contributed by atoms with Crippen molar-refractivity contribution in [1.29, 1.82) is 0 Å². The van der Waals surface area contributed by atoms with Crippen LogP contribution in [0.5, 0.6) is 5.75 Å². The van der Waals surface area contributed by atoms with Crippen molar-refractivity contribution in [3.05, 3.63) is 42.5 Å². The first-order valence-electron chi connectivity index (χ1n) is 10.5. The summed E-state index contributed by atoms with van der Waals surface area (Å²) in [5.41, 5.74) is 1.50. The molecule has 1 unspecified atom stereocenters. The highest BCUT2D eigenvalue weighted by Gasteiger charge is 2.25. The number of para-hydroxylation sites is 2. The van der Waals surface area contributed by atoms with E-state index in [0.29, 0.717) is 60.8 Å². The molecule has 180 valence electrons. The summed E-state index contributed by atoms with van der Waals surface area (Å²) in [6, 6.07) is 12.0. The zero-order chi connectivity index (χ0) is 23.8. The molecule has 0 aliphatic carbocycles. The number of morpholine rings is 1. The van der Waals surface area contributed by atoms with Gasteiger partial charge in [0, 0.05) is 31.9 Å². The van der Waals surface area contributed by atoms with Crippen LogP contribution in [-0.2, 0) is 19.5 Å². The Hall–Kier alpha value is -2.60. The number of hydrogen-bond donors (Lipinski definition) is 3. The molecule has 2 aromatic rings. The van der Waals surface area contributed by atoms with Crippen molar-refractivity contribution in [2.75, 3.05) is 62.1 Å². The van der Waals surface area contributed by atoms with Crippen LogP contribution in [0.4, 0.5) is 17.1 Å². The molecule has 1 saturated heterocycles. The Morgan fingerprint density at radius 3 is 2.61 bits per heavy atom. The molecule has 1 aliphatic heterocycles. The van der Waals surface area contributed by atoms with Gasteiger partial charge in [-0.05, 0) is 49.5 Å². The third-order valence-corrected chi connectivity index (χ3v) is 6.62. The number of nitrogens with one attached hydrogen (secondary N) is 3. The van der Waals surface area contributed by atoms with Crippen molar-refractivity contribution in [1.82, 2.24) is 5.32 Å². The van der Waals surface area contributed by atoms with Crippen molar-refractivity contribution in [3.63, 3.8) is 0 Å². The highest BCUT2D eigenvalue weighted by atomic mass is 32.2. The SMILES string of the molecule is COCC(C)NC(=S)Nc1ccc(N2CCOCC2)c(S(=O)(=O)Nc2ccccc2OC)c1. The lowest BCUT2D eigenvalue weighted by Crippen LogP contribution is -2.38. The molecular formula is C22H30N4O5S2. The van der Waals surface area contributed by atoms with Gasteiger partial charge in [-0.2, -0.15) is 0 Å². The van der Waals surface area contributed by atoms with E-state index in [4.69, 9.17) is 26.4 Å². The molecule has 3 N–H and O–H groups in total. The number of thiocarbonyl (C=S) groups is 1. The Kier molecular flexibility index (Phi) is 8.73. The van der Waals surface area contributed by atoms with Crippen LogP contribution in [0.2, 0.25) is 0 Å². The number of sulfonamides is 1. The largest absolute Gasteiger partial charge is 0.495 e. The second kappa shape index (κ2) is 11.5. The third-order valence-electron chi connectivity index (χ3n) is 5.00. The van der Waals surface area contributed by atoms with Gasteiger partial charge in [0.25, 0.3) is 10.0 Å². The number of benzene rings is 2. The molecule has 1 heterocycles. The van der Waals surface area contributed by atoms with Gasteiger partial charge in [0.05, 0.1) is 38.3 Å². The zero-order valence-corrected chi connectivity index (χ0v) is 20.6. The fourth-order valence-corrected chi connectivity index (χ4v) is 5.13. The molecule has 9 nitrogen and oxygen atoms in total. The number of hydrogen-bond acceptors (Lipinski definition) is 7. The van der Waals surface area contributed by atoms with Gasteiger partial charge in [-0.3, -0.25) is 4.72 Å². The number of methoxy groups -OCH3 is 2. The number of nitrogens with zero attached hydrogens (tertiary/aromatic N) is 1. The van der Waals surface area contributed by atoms with Crippen LogP contribution in [0.25, 0.3) is 0 Å². The van der Waals surface area contributed by atoms with Crippen molar-refractivity contribution in [2.45, 2.75) is 17.9 Å². The van der Waals surface area contributed by atoms with E-state index in [1.165, 1.54) is 7.11 Å². The van der Waals surface area contributed by atoms with Crippen molar-refractivity contribution >= 4 is 44.4 Å². The Balaban J connectivity index is 1.93. The topological polar surface area (TPSA) is 101 Å². The lowest BCUT2D eigenvalue weighted by molar-refractivity contribution is 0.122. The molecular weight excluding hydrogens is 464 g/mol. The minimum absolute atomic E-state index is 0.00182. The zero-order valence-electron chi connectivity index (χ0n) is 19.0. The maximum absolute atomic E-state index is 13.5. The molecule has 1 atom stereocenters. The second-order valence-electron chi connectivity index (χ2n) is 7.54. The molecule has 0 spiro atoms. The van der Waals surface area contributed by atoms with E-state index in [1.807, 2.05) is 17.9 Å². The van der Waals surface area contributed by atoms with Crippen LogP contribution in [0.15, 0.2) is 47.4 Å². The maximum atomic E-state index is 13.5. The molecule has 11 heteroatoms. The summed E-state index contributed by atoms with van der Waals surface area (Å²) >= 11 is 5.37. The molecule has 0 aromatic heterocycles. The van der Waals surface area contributed by atoms with Gasteiger partial charge >= 0.3 is 0 Å². The average Bonchev–Trinajstić information content (AvgIpc) is 2.80. The standard InChI is InChI=1S/C22H30N4O5S2/c1-16(15-29-2)23-22(32)24-17-8-9-19(26-10-12-31-13-11-26)21(14-17)33(27,28)25-18-6-4-5-7-20(18)30-3/h4-9,14,16,25H,10-13,15H2,1-3H3,(H2,23,24,32). The summed E-state index contributed by atoms with van der Waals surface area (Å²) < 4.78 is 45.5. The van der Waals surface area contributed by atoms with E-state index in [1.54, 1.807) is 43.5 Å². The molecule has 33 heavy (non-hydrogen) atoms. The van der Waals surface area contributed by atoms with Gasteiger partial charge in [-0.1, -0.05) is 12.1 Å². The summed E-state index contributed by atoms with van der Waals surface area (Å²) in [5.74, 6) is 0.431. The van der Waals surface area contributed by atoms with E-state index in [0.717, 1.165) is 0 Å². The monoisotopic (exact) mass is 494 g/mol. The minimum Gasteiger partial charge on any atom is -0.495 e. The predicted molar refractivity (Wildman–Crippen MR) is 134 cm³/mol. The minimum atomic E-state index is -3.95. The van der Waals surface area contributed by atoms with E-state index in [-0.39, 0.29) is 10.9 Å². The van der Waals surface area contributed by atoms with Crippen LogP contribution >= 0.6 is 12.2 Å². The Bertz CT molecular complexity index is 1060. The van der Waals surface area contributed by atoms with Crippen LogP contribution in [0.3, 0.4) is 0 Å². The highest BCUT2D eigenvalue weighted by molar-refractivity contribution is 7.93. The fraction of sp³-hybridized carbons (Fsp3) is 0.409. The smallest absolute Gasteiger partial charge is 0.264 e. The maximum Gasteiger partial charge on any atom is 0.264 e. The van der Waals surface area contributed by atoms with E-state index >= 15 is 0 Å². The molecule has 2 aromatic carbocycles. The fourth-order valence-electron chi connectivity index (χ4n) is 3.48. The molecule has 0 radical (unpaired) electrons. The van der Waals surface area contributed by atoms with E-state index in [2.05, 4.69) is 15.4 Å². The molecule has 0 saturated carbocycles. The Morgan fingerprint density at radius 1 is 1.18 bits per heavy atom. The molecule has 0 bridgehead atoms. The van der Waals surface area contributed by atoms with Crippen LogP contribution in [0, 0.1) is 0 Å². The lowest BCUT2D eigenvalue weighted by atomic mass is 10.2. The van der Waals surface area contributed by atoms with Gasteiger partial charge in [-0.25, -0.2) is 8.42 Å². The first-order chi connectivity index (χ1) is 15.8. The van der Waals surface area contributed by atoms with E-state index < -0.39 is 10.0 Å². The second-order valence-corrected chi connectivity index (χ2v) is 9.60. The van der Waals surface area contributed by atoms with Crippen LogP contribution in [-0.4, -0.2) is 66.7 Å². The van der Waals surface area contributed by atoms with Gasteiger partial charge in [0.2, 0.25) is 0 Å². The summed E-state index contributed by atoms with van der Waals surface area (Å²) in [6.07, 6.45) is 0. The lowest BCUT2D eigenvalue weighted by Gasteiger charge is -2.30. The van der Waals surface area contributed by atoms with Gasteiger partial charge in [0.1, 0.15) is 10.6 Å². The Labute approximate surface area is 200 Å². The predicted octanol–water partition coefficient (Wildman–Crippen LogP) is 2.65. The molecule has 0 amide bonds. The summed E-state index contributed by atoms with van der Waals surface area (Å²) in [6.45, 7) is 4.68. The average molecular weight is 495 g/mol. The van der Waals surface area contributed by atoms with Crippen molar-refractivity contribution < 1.29 is 22.6 Å². The third kappa shape index (κ3) is 6.70. The first kappa shape index (κ1) is 25.0. The number of anilines is 3. The summed E-state index contributed by atoms with van der Waals surface area (Å²) in [7, 11) is -0.841. The number of rotatable bonds is 9. The van der Waals surface area contributed by atoms with Gasteiger partial charge < -0.3 is 29.7 Å². The first-order valence-corrected chi connectivity index (χ1v) is 12.4. The van der Waals surface area contributed by atoms with Crippen molar-refractivity contribution in [2.24, 2.45) is 0 Å². The highest BCUT2D eigenvalue weighted by Crippen LogP contribution is 2.33. The number of ether oxygens (including phenoxy) is 3.